The molecule has 0 saturated carbocycles. The molecule has 0 aromatic heterocycles. The van der Waals surface area contributed by atoms with Crippen LogP contribution in [0.3, 0.4) is 0 Å². The van der Waals surface area contributed by atoms with Crippen LogP contribution in [-0.4, -0.2) is 255 Å². The minimum absolute atomic E-state index is 0.0939. The summed E-state index contributed by atoms with van der Waals surface area (Å²) in [4.78, 5) is 0. The number of aliphatic hydroxyl groups excluding tert-OH is 16. The molecule has 24 nitrogen and oxygen atoms in total. The Bertz CT molecular complexity index is 1250. The minimum Gasteiger partial charge on any atom is -0.394 e. The summed E-state index contributed by atoms with van der Waals surface area (Å²) in [7, 11) is 0. The van der Waals surface area contributed by atoms with Crippen LogP contribution in [0.4, 0.5) is 0 Å². The monoisotopic (exact) mass is 807 g/mol. The Hall–Kier alpha value is -1.22. The van der Waals surface area contributed by atoms with E-state index in [1.165, 1.54) is 13.0 Å². The SMILES string of the molecule is C[C@H]1O[C@@H](O[C@H]2[C@@H](O)[C@@H](O)[C@@H](O)O[C@H]2CO)[C@@H](O)[C@@H](O)[C@H]1N[C@H]1C=C(CO)[C@@H](O[C@H]2O[C@@H](CO)[C@@H](O[C@H]3O[C@@H](CO)[C@@H](O)[C@@H](O)[C@H]3O)[C@@H](O)[C@H]2O)[C@@H](O)[C@H]1O. The van der Waals surface area contributed by atoms with Gasteiger partial charge in [-0.05, 0) is 12.5 Å². The van der Waals surface area contributed by atoms with Crippen molar-refractivity contribution in [1.29, 1.82) is 0 Å². The predicted molar refractivity (Wildman–Crippen MR) is 170 cm³/mol. The number of nitrogens with one attached hydrogen (secondary N) is 1. The number of hydrogen-bond acceptors (Lipinski definition) is 24. The zero-order valence-electron chi connectivity index (χ0n) is 29.3. The highest BCUT2D eigenvalue weighted by Crippen LogP contribution is 2.34. The van der Waals surface area contributed by atoms with Crippen molar-refractivity contribution >= 4 is 0 Å². The van der Waals surface area contributed by atoms with E-state index >= 15 is 0 Å². The average Bonchev–Trinajstić information content (AvgIpc) is 3.17. The van der Waals surface area contributed by atoms with Crippen LogP contribution in [0.2, 0.25) is 0 Å². The molecule has 4 fully saturated rings. The summed E-state index contributed by atoms with van der Waals surface area (Å²) in [6, 6.07) is -2.46. The van der Waals surface area contributed by atoms with Gasteiger partial charge in [0.2, 0.25) is 0 Å². The second-order valence-corrected chi connectivity index (χ2v) is 14.2. The molecule has 0 radical (unpaired) electrons. The number of rotatable bonds is 12. The van der Waals surface area contributed by atoms with Crippen molar-refractivity contribution in [1.82, 2.24) is 5.32 Å². The summed E-state index contributed by atoms with van der Waals surface area (Å²) in [6.07, 6.45) is -36.3. The maximum absolute atomic E-state index is 11.2. The molecule has 55 heavy (non-hydrogen) atoms. The second-order valence-electron chi connectivity index (χ2n) is 14.2. The standard InChI is InChI=1S/C31H53NO23/c1-7-13(16(39)22(45)29(49-7)54-26-11(5-35)50-28(48)21(44)19(26)42)32-9-2-8(3-33)25(18(41)14(9)37)53-31-24(47)20(43)27(12(6-36)52-31)55-30-23(46)17(40)15(38)10(4-34)51-30/h2,7,9-48H,3-6H2,1H3/t7-,9+,10+,11+,12+,13+,14+,15-,16+,17-,18+,19+,20+,21-,22+,23-,24-,25-,26-,27-,28+,29+,30-,31-/m1/s1. The first kappa shape index (κ1) is 44.9. The Balaban J connectivity index is 1.24. The fraction of sp³-hybridized carbons (Fsp3) is 0.935. The van der Waals surface area contributed by atoms with Crippen molar-refractivity contribution in [3.05, 3.63) is 11.6 Å². The lowest BCUT2D eigenvalue weighted by atomic mass is 9.86. The molecule has 5 aliphatic rings. The third kappa shape index (κ3) is 9.03. The van der Waals surface area contributed by atoms with E-state index in [-0.39, 0.29) is 5.57 Å². The maximum atomic E-state index is 11.2. The van der Waals surface area contributed by atoms with E-state index in [2.05, 4.69) is 5.32 Å². The molecule has 24 atom stereocenters. The van der Waals surface area contributed by atoms with Crippen LogP contribution in [0.1, 0.15) is 6.92 Å². The van der Waals surface area contributed by atoms with Crippen LogP contribution < -0.4 is 5.32 Å². The van der Waals surface area contributed by atoms with Crippen LogP contribution in [0.15, 0.2) is 11.6 Å². The summed E-state index contributed by atoms with van der Waals surface area (Å²) in [5, 5.41) is 169. The van der Waals surface area contributed by atoms with Gasteiger partial charge in [-0.3, -0.25) is 0 Å². The van der Waals surface area contributed by atoms with Gasteiger partial charge >= 0.3 is 0 Å². The number of ether oxygens (including phenoxy) is 7. The van der Waals surface area contributed by atoms with Gasteiger partial charge in [-0.25, -0.2) is 0 Å². The van der Waals surface area contributed by atoms with Gasteiger partial charge in [0, 0.05) is 0 Å². The molecule has 4 aliphatic heterocycles. The van der Waals surface area contributed by atoms with Crippen LogP contribution in [0.25, 0.3) is 0 Å². The van der Waals surface area contributed by atoms with E-state index in [4.69, 9.17) is 33.2 Å². The van der Waals surface area contributed by atoms with E-state index in [1.807, 2.05) is 0 Å². The highest BCUT2D eigenvalue weighted by atomic mass is 16.7. The Morgan fingerprint density at radius 3 is 1.58 bits per heavy atom. The fourth-order valence-electron chi connectivity index (χ4n) is 7.29. The lowest BCUT2D eigenvalue weighted by Gasteiger charge is -2.48. The summed E-state index contributed by atoms with van der Waals surface area (Å²) in [6.45, 7) is -1.81. The molecule has 0 unspecified atom stereocenters. The quantitative estimate of drug-likeness (QED) is 0.0814. The van der Waals surface area contributed by atoms with Gasteiger partial charge < -0.3 is 120 Å². The summed E-state index contributed by atoms with van der Waals surface area (Å²) in [5.41, 5.74) is -0.0939. The topological polar surface area (TPSA) is 400 Å². The van der Waals surface area contributed by atoms with Crippen LogP contribution in [-0.2, 0) is 33.2 Å². The summed E-state index contributed by atoms with van der Waals surface area (Å²) in [5.74, 6) is 0. The van der Waals surface area contributed by atoms with Gasteiger partial charge in [-0.2, -0.15) is 0 Å². The highest BCUT2D eigenvalue weighted by molar-refractivity contribution is 5.23. The third-order valence-corrected chi connectivity index (χ3v) is 10.6. The van der Waals surface area contributed by atoms with Crippen molar-refractivity contribution < 1.29 is 115 Å². The van der Waals surface area contributed by atoms with Gasteiger partial charge in [0.05, 0.1) is 44.6 Å². The predicted octanol–water partition coefficient (Wildman–Crippen LogP) is -10.7. The lowest BCUT2D eigenvalue weighted by molar-refractivity contribution is -0.364. The molecule has 0 bridgehead atoms. The zero-order valence-corrected chi connectivity index (χ0v) is 29.3. The molecule has 4 heterocycles. The lowest BCUT2D eigenvalue weighted by Crippen LogP contribution is -2.68. The number of aliphatic hydroxyl groups is 16. The molecule has 0 aromatic rings. The summed E-state index contributed by atoms with van der Waals surface area (Å²) < 4.78 is 38.4. The van der Waals surface area contributed by atoms with E-state index in [9.17, 15) is 81.7 Å². The molecule has 320 valence electrons. The van der Waals surface area contributed by atoms with Crippen molar-refractivity contribution in [2.75, 3.05) is 26.4 Å². The minimum atomic E-state index is -2.01. The van der Waals surface area contributed by atoms with Crippen LogP contribution in [0, 0.1) is 0 Å². The van der Waals surface area contributed by atoms with E-state index in [0.717, 1.165) is 0 Å². The molecule has 24 heteroatoms. The van der Waals surface area contributed by atoms with E-state index in [0.29, 0.717) is 0 Å². The van der Waals surface area contributed by atoms with Crippen LogP contribution >= 0.6 is 0 Å². The molecular formula is C31H53NO23. The molecular weight excluding hydrogens is 754 g/mol. The molecule has 5 rings (SSSR count). The first-order valence-corrected chi connectivity index (χ1v) is 17.6. The molecule has 1 aliphatic carbocycles. The smallest absolute Gasteiger partial charge is 0.187 e. The van der Waals surface area contributed by atoms with Gasteiger partial charge in [-0.1, -0.05) is 6.08 Å². The van der Waals surface area contributed by atoms with Gasteiger partial charge in [0.1, 0.15) is 104 Å². The Kier molecular flexibility index (Phi) is 15.3. The molecule has 4 saturated heterocycles. The fourth-order valence-corrected chi connectivity index (χ4v) is 7.29. The molecule has 0 amide bonds. The molecule has 0 aromatic carbocycles. The van der Waals surface area contributed by atoms with E-state index in [1.54, 1.807) is 0 Å². The Morgan fingerprint density at radius 2 is 1.00 bits per heavy atom. The Morgan fingerprint density at radius 1 is 0.509 bits per heavy atom. The summed E-state index contributed by atoms with van der Waals surface area (Å²) >= 11 is 0. The van der Waals surface area contributed by atoms with Crippen molar-refractivity contribution in [3.8, 4) is 0 Å². The largest absolute Gasteiger partial charge is 0.394 e. The third-order valence-electron chi connectivity index (χ3n) is 10.6. The van der Waals surface area contributed by atoms with Gasteiger partial charge in [0.25, 0.3) is 0 Å². The maximum Gasteiger partial charge on any atom is 0.187 e. The van der Waals surface area contributed by atoms with Crippen LogP contribution in [0.5, 0.6) is 0 Å². The average molecular weight is 808 g/mol. The Labute approximate surface area is 312 Å². The second kappa shape index (κ2) is 18.8. The van der Waals surface area contributed by atoms with Crippen molar-refractivity contribution in [3.63, 3.8) is 0 Å². The normalized spacial score (nSPS) is 52.5. The zero-order chi connectivity index (χ0) is 40.6. The van der Waals surface area contributed by atoms with E-state index < -0.39 is 174 Å². The number of hydrogen-bond donors (Lipinski definition) is 17. The van der Waals surface area contributed by atoms with Gasteiger partial charge in [0.15, 0.2) is 25.2 Å². The van der Waals surface area contributed by atoms with Crippen molar-refractivity contribution in [2.45, 2.75) is 154 Å². The van der Waals surface area contributed by atoms with Gasteiger partial charge in [-0.15, -0.1) is 0 Å². The van der Waals surface area contributed by atoms with Crippen molar-refractivity contribution in [2.24, 2.45) is 0 Å². The first-order valence-electron chi connectivity index (χ1n) is 17.6. The highest BCUT2D eigenvalue weighted by Gasteiger charge is 2.54. The molecule has 17 N–H and O–H groups in total. The molecule has 0 spiro atoms. The first-order chi connectivity index (χ1) is 26.0.